The van der Waals surface area contributed by atoms with Crippen LogP contribution in [0.3, 0.4) is 0 Å². The molecule has 2 unspecified atom stereocenters. The van der Waals surface area contributed by atoms with Crippen LogP contribution in [-0.2, 0) is 10.0 Å². The van der Waals surface area contributed by atoms with Crippen molar-refractivity contribution in [3.8, 4) is 0 Å². The molecule has 0 radical (unpaired) electrons. The predicted molar refractivity (Wildman–Crippen MR) is 63.7 cm³/mol. The number of aliphatic hydroxyl groups excluding tert-OH is 1. The highest BCUT2D eigenvalue weighted by molar-refractivity contribution is 7.89. The highest BCUT2D eigenvalue weighted by Crippen LogP contribution is 2.18. The smallest absolute Gasteiger partial charge is 0.213 e. The van der Waals surface area contributed by atoms with Gasteiger partial charge in [0.15, 0.2) is 0 Å². The van der Waals surface area contributed by atoms with Crippen LogP contribution in [0.4, 0.5) is 0 Å². The van der Waals surface area contributed by atoms with Crippen molar-refractivity contribution in [2.24, 2.45) is 0 Å². The second-order valence-corrected chi connectivity index (χ2v) is 6.12. The monoisotopic (exact) mass is 250 g/mol. The Morgan fingerprint density at radius 2 is 2.00 bits per heavy atom. The number of nitrogens with one attached hydrogen (secondary N) is 2. The van der Waals surface area contributed by atoms with Gasteiger partial charge in [-0.2, -0.15) is 0 Å². The third kappa shape index (κ3) is 4.78. The SMILES string of the molecule is CCNCCS(=O)(=O)NC1CCCCC1O. The van der Waals surface area contributed by atoms with Gasteiger partial charge in [0.05, 0.1) is 11.9 Å². The zero-order chi connectivity index (χ0) is 12.0. The van der Waals surface area contributed by atoms with E-state index in [9.17, 15) is 13.5 Å². The molecule has 1 rings (SSSR count). The number of rotatable bonds is 6. The van der Waals surface area contributed by atoms with E-state index in [-0.39, 0.29) is 11.8 Å². The van der Waals surface area contributed by atoms with Crippen LogP contribution in [0, 0.1) is 0 Å². The van der Waals surface area contributed by atoms with E-state index in [0.29, 0.717) is 13.0 Å². The minimum absolute atomic E-state index is 0.0735. The molecule has 16 heavy (non-hydrogen) atoms. The number of hydrogen-bond acceptors (Lipinski definition) is 4. The molecule has 1 saturated carbocycles. The van der Waals surface area contributed by atoms with E-state index >= 15 is 0 Å². The summed E-state index contributed by atoms with van der Waals surface area (Å²) in [6, 6.07) is -0.291. The lowest BCUT2D eigenvalue weighted by atomic mass is 9.93. The molecule has 2 atom stereocenters. The fourth-order valence-corrected chi connectivity index (χ4v) is 3.19. The molecule has 0 bridgehead atoms. The molecule has 0 aliphatic heterocycles. The lowest BCUT2D eigenvalue weighted by Crippen LogP contribution is -2.46. The van der Waals surface area contributed by atoms with Gasteiger partial charge in [-0.15, -0.1) is 0 Å². The molecule has 96 valence electrons. The van der Waals surface area contributed by atoms with Crippen LogP contribution in [0.15, 0.2) is 0 Å². The van der Waals surface area contributed by atoms with Crippen molar-refractivity contribution in [2.45, 2.75) is 44.8 Å². The summed E-state index contributed by atoms with van der Waals surface area (Å²) in [5.74, 6) is 0.0735. The van der Waals surface area contributed by atoms with Gasteiger partial charge in [-0.25, -0.2) is 13.1 Å². The van der Waals surface area contributed by atoms with Crippen LogP contribution >= 0.6 is 0 Å². The average Bonchev–Trinajstić information content (AvgIpc) is 2.21. The van der Waals surface area contributed by atoms with Gasteiger partial charge in [-0.1, -0.05) is 19.8 Å². The Hall–Kier alpha value is -0.170. The van der Waals surface area contributed by atoms with E-state index in [4.69, 9.17) is 0 Å². The molecule has 5 nitrogen and oxygen atoms in total. The molecule has 6 heteroatoms. The Bertz CT molecular complexity index is 292. The first-order valence-corrected chi connectivity index (χ1v) is 7.59. The Balaban J connectivity index is 2.38. The maximum atomic E-state index is 11.7. The van der Waals surface area contributed by atoms with Crippen LogP contribution in [0.5, 0.6) is 0 Å². The molecule has 1 aliphatic rings. The first-order valence-electron chi connectivity index (χ1n) is 5.94. The van der Waals surface area contributed by atoms with Crippen LogP contribution in [0.2, 0.25) is 0 Å². The fourth-order valence-electron chi connectivity index (χ4n) is 1.92. The molecular formula is C10H22N2O3S. The molecule has 0 aromatic rings. The topological polar surface area (TPSA) is 78.4 Å². The summed E-state index contributed by atoms with van der Waals surface area (Å²) in [6.07, 6.45) is 2.87. The van der Waals surface area contributed by atoms with Gasteiger partial charge in [0.25, 0.3) is 0 Å². The summed E-state index contributed by atoms with van der Waals surface area (Å²) >= 11 is 0. The second-order valence-electron chi connectivity index (χ2n) is 4.25. The Morgan fingerprint density at radius 3 is 2.62 bits per heavy atom. The third-order valence-corrected chi connectivity index (χ3v) is 4.26. The largest absolute Gasteiger partial charge is 0.391 e. The maximum Gasteiger partial charge on any atom is 0.213 e. The van der Waals surface area contributed by atoms with Crippen LogP contribution in [0.1, 0.15) is 32.6 Å². The molecule has 0 saturated heterocycles. The maximum absolute atomic E-state index is 11.7. The van der Waals surface area contributed by atoms with E-state index in [1.165, 1.54) is 0 Å². The average molecular weight is 250 g/mol. The Morgan fingerprint density at radius 1 is 1.31 bits per heavy atom. The number of sulfonamides is 1. The standard InChI is InChI=1S/C10H22N2O3S/c1-2-11-7-8-16(14,15)12-9-5-3-4-6-10(9)13/h9-13H,2-8H2,1H3. The predicted octanol–water partition coefficient (Wildman–Crippen LogP) is -0.181. The molecule has 0 aromatic heterocycles. The summed E-state index contributed by atoms with van der Waals surface area (Å²) in [7, 11) is -3.26. The zero-order valence-electron chi connectivity index (χ0n) is 9.78. The van der Waals surface area contributed by atoms with Gasteiger partial charge in [0, 0.05) is 12.6 Å². The van der Waals surface area contributed by atoms with E-state index < -0.39 is 16.1 Å². The fraction of sp³-hybridized carbons (Fsp3) is 1.00. The molecule has 3 N–H and O–H groups in total. The van der Waals surface area contributed by atoms with Gasteiger partial charge in [0.2, 0.25) is 10.0 Å². The van der Waals surface area contributed by atoms with Crippen molar-refractivity contribution in [3.05, 3.63) is 0 Å². The van der Waals surface area contributed by atoms with Crippen molar-refractivity contribution in [3.63, 3.8) is 0 Å². The zero-order valence-corrected chi connectivity index (χ0v) is 10.6. The second kappa shape index (κ2) is 6.54. The highest BCUT2D eigenvalue weighted by atomic mass is 32.2. The third-order valence-electron chi connectivity index (χ3n) is 2.86. The van der Waals surface area contributed by atoms with E-state index in [0.717, 1.165) is 25.8 Å². The van der Waals surface area contributed by atoms with Crippen molar-refractivity contribution in [1.82, 2.24) is 10.0 Å². The minimum Gasteiger partial charge on any atom is -0.391 e. The normalized spacial score (nSPS) is 26.9. The molecule has 0 aromatic carbocycles. The van der Waals surface area contributed by atoms with Crippen molar-refractivity contribution >= 4 is 10.0 Å². The Labute approximate surface area is 97.7 Å². The van der Waals surface area contributed by atoms with Gasteiger partial charge in [0.1, 0.15) is 0 Å². The van der Waals surface area contributed by atoms with Crippen LogP contribution in [-0.4, -0.2) is 44.5 Å². The molecular weight excluding hydrogens is 228 g/mol. The molecule has 0 amide bonds. The van der Waals surface area contributed by atoms with Gasteiger partial charge in [-0.3, -0.25) is 0 Å². The van der Waals surface area contributed by atoms with Crippen molar-refractivity contribution in [2.75, 3.05) is 18.8 Å². The minimum atomic E-state index is -3.26. The molecule has 1 fully saturated rings. The summed E-state index contributed by atoms with van der Waals surface area (Å²) in [5.41, 5.74) is 0. The van der Waals surface area contributed by atoms with Gasteiger partial charge >= 0.3 is 0 Å². The van der Waals surface area contributed by atoms with E-state index in [1.807, 2.05) is 6.92 Å². The lowest BCUT2D eigenvalue weighted by molar-refractivity contribution is 0.101. The summed E-state index contributed by atoms with van der Waals surface area (Å²) in [5, 5.41) is 12.6. The van der Waals surface area contributed by atoms with Crippen molar-refractivity contribution < 1.29 is 13.5 Å². The molecule has 1 aliphatic carbocycles. The number of aliphatic hydroxyl groups is 1. The quantitative estimate of drug-likeness (QED) is 0.571. The first-order chi connectivity index (χ1) is 7.55. The summed E-state index contributed by atoms with van der Waals surface area (Å²) < 4.78 is 25.9. The van der Waals surface area contributed by atoms with Crippen LogP contribution in [0.25, 0.3) is 0 Å². The van der Waals surface area contributed by atoms with E-state index in [2.05, 4.69) is 10.0 Å². The van der Waals surface area contributed by atoms with Crippen LogP contribution < -0.4 is 10.0 Å². The number of hydrogen-bond donors (Lipinski definition) is 3. The molecule has 0 heterocycles. The lowest BCUT2D eigenvalue weighted by Gasteiger charge is -2.28. The Kier molecular flexibility index (Phi) is 5.68. The van der Waals surface area contributed by atoms with E-state index in [1.54, 1.807) is 0 Å². The summed E-state index contributed by atoms with van der Waals surface area (Å²) in [6.45, 7) is 3.15. The molecule has 0 spiro atoms. The van der Waals surface area contributed by atoms with Gasteiger partial charge < -0.3 is 10.4 Å². The highest BCUT2D eigenvalue weighted by Gasteiger charge is 2.26. The summed E-state index contributed by atoms with van der Waals surface area (Å²) in [4.78, 5) is 0. The van der Waals surface area contributed by atoms with Gasteiger partial charge in [-0.05, 0) is 19.4 Å². The first kappa shape index (κ1) is 13.9. The van der Waals surface area contributed by atoms with Crippen molar-refractivity contribution in [1.29, 1.82) is 0 Å².